The van der Waals surface area contributed by atoms with Gasteiger partial charge in [-0.15, -0.1) is 5.10 Å². The summed E-state index contributed by atoms with van der Waals surface area (Å²) in [6.45, 7) is 0. The van der Waals surface area contributed by atoms with Crippen LogP contribution < -0.4 is 10.6 Å². The number of rotatable bonds is 3. The minimum Gasteiger partial charge on any atom is -0.324 e. The molecule has 8 heteroatoms. The van der Waals surface area contributed by atoms with E-state index in [1.165, 1.54) is 28.9 Å². The molecule has 0 bridgehead atoms. The fourth-order valence-electron chi connectivity index (χ4n) is 2.74. The molecule has 4 rings (SSSR count). The minimum atomic E-state index is -0.839. The number of carbonyl (C=O) groups is 2. The van der Waals surface area contributed by atoms with Gasteiger partial charge in [-0.3, -0.25) is 14.9 Å². The number of aromatic nitrogens is 3. The van der Waals surface area contributed by atoms with Gasteiger partial charge in [0.05, 0.1) is 6.42 Å². The number of carbonyl (C=O) groups excluding carboxylic acids is 2. The molecule has 0 fully saturated rings. The molecule has 0 saturated heterocycles. The van der Waals surface area contributed by atoms with E-state index in [0.717, 1.165) is 5.56 Å². The van der Waals surface area contributed by atoms with Crippen molar-refractivity contribution in [3.63, 3.8) is 0 Å². The second-order valence-corrected chi connectivity index (χ2v) is 5.83. The molecule has 1 aliphatic rings. The Labute approximate surface area is 147 Å². The molecule has 0 saturated carbocycles. The van der Waals surface area contributed by atoms with E-state index in [2.05, 4.69) is 20.7 Å². The van der Waals surface area contributed by atoms with Crippen molar-refractivity contribution in [3.8, 4) is 11.4 Å². The number of nitrogens with one attached hydrogen (secondary N) is 2. The molecule has 7 nitrogen and oxygen atoms in total. The van der Waals surface area contributed by atoms with Crippen molar-refractivity contribution in [1.29, 1.82) is 0 Å². The zero-order valence-corrected chi connectivity index (χ0v) is 13.5. The van der Waals surface area contributed by atoms with Crippen molar-refractivity contribution in [2.45, 2.75) is 12.5 Å². The Morgan fingerprint density at radius 3 is 2.62 bits per heavy atom. The Morgan fingerprint density at radius 2 is 1.88 bits per heavy atom. The molecule has 2 aromatic carbocycles. The van der Waals surface area contributed by atoms with Gasteiger partial charge >= 0.3 is 0 Å². The van der Waals surface area contributed by atoms with Gasteiger partial charge in [0.2, 0.25) is 17.8 Å². The summed E-state index contributed by atoms with van der Waals surface area (Å²) in [5.74, 6) is -0.492. The smallest absolute Gasteiger partial charge is 0.249 e. The predicted octanol–water partition coefficient (Wildman–Crippen LogP) is 2.61. The molecule has 0 aliphatic carbocycles. The van der Waals surface area contributed by atoms with Crippen molar-refractivity contribution in [2.75, 3.05) is 10.6 Å². The highest BCUT2D eigenvalue weighted by molar-refractivity contribution is 6.00. The van der Waals surface area contributed by atoms with E-state index < -0.39 is 17.8 Å². The van der Waals surface area contributed by atoms with Crippen LogP contribution in [-0.4, -0.2) is 26.6 Å². The van der Waals surface area contributed by atoms with Crippen LogP contribution in [0.4, 0.5) is 16.0 Å². The van der Waals surface area contributed by atoms with Crippen LogP contribution >= 0.6 is 0 Å². The first kappa shape index (κ1) is 15.9. The lowest BCUT2D eigenvalue weighted by Crippen LogP contribution is -2.36. The molecule has 0 spiro atoms. The summed E-state index contributed by atoms with van der Waals surface area (Å²) in [4.78, 5) is 28.9. The van der Waals surface area contributed by atoms with Gasteiger partial charge in [0.25, 0.3) is 0 Å². The maximum atomic E-state index is 13.0. The lowest BCUT2D eigenvalue weighted by atomic mass is 10.1. The molecule has 26 heavy (non-hydrogen) atoms. The third-order valence-corrected chi connectivity index (χ3v) is 4.00. The van der Waals surface area contributed by atoms with Gasteiger partial charge in [0.15, 0.2) is 5.82 Å². The molecule has 0 radical (unpaired) electrons. The first-order chi connectivity index (χ1) is 12.6. The topological polar surface area (TPSA) is 88.9 Å². The van der Waals surface area contributed by atoms with Crippen LogP contribution in [-0.2, 0) is 9.59 Å². The van der Waals surface area contributed by atoms with Gasteiger partial charge < -0.3 is 5.32 Å². The third-order valence-electron chi connectivity index (χ3n) is 4.00. The van der Waals surface area contributed by atoms with Crippen LogP contribution in [0, 0.1) is 5.82 Å². The Bertz CT molecular complexity index is 969. The highest BCUT2D eigenvalue weighted by Crippen LogP contribution is 2.27. The Balaban J connectivity index is 1.64. The van der Waals surface area contributed by atoms with Gasteiger partial charge in [0, 0.05) is 11.3 Å². The maximum absolute atomic E-state index is 13.0. The molecule has 3 aromatic rings. The number of hydrogen-bond donors (Lipinski definition) is 2. The van der Waals surface area contributed by atoms with E-state index in [4.69, 9.17) is 0 Å². The Hall–Kier alpha value is -3.55. The SMILES string of the molecule is O=C1C[C@H](C(=O)Nc2ccc(F)cc2)n2nc(-c3ccccc3)nc2N1. The molecular weight excluding hydrogens is 337 g/mol. The van der Waals surface area contributed by atoms with E-state index >= 15 is 0 Å². The molecule has 2 heterocycles. The summed E-state index contributed by atoms with van der Waals surface area (Å²) in [5, 5.41) is 9.69. The predicted molar refractivity (Wildman–Crippen MR) is 92.8 cm³/mol. The van der Waals surface area contributed by atoms with Gasteiger partial charge in [-0.05, 0) is 24.3 Å². The first-order valence-corrected chi connectivity index (χ1v) is 7.98. The second-order valence-electron chi connectivity index (χ2n) is 5.83. The first-order valence-electron chi connectivity index (χ1n) is 7.98. The van der Waals surface area contributed by atoms with Crippen molar-refractivity contribution >= 4 is 23.5 Å². The average molecular weight is 351 g/mol. The van der Waals surface area contributed by atoms with Crippen LogP contribution in [0.5, 0.6) is 0 Å². The summed E-state index contributed by atoms with van der Waals surface area (Å²) in [6.07, 6.45) is -0.0579. The van der Waals surface area contributed by atoms with Gasteiger partial charge in [-0.1, -0.05) is 30.3 Å². The van der Waals surface area contributed by atoms with E-state index in [1.54, 1.807) is 0 Å². The largest absolute Gasteiger partial charge is 0.324 e. The second kappa shape index (κ2) is 6.40. The minimum absolute atomic E-state index is 0.0579. The number of benzene rings is 2. The van der Waals surface area contributed by atoms with Crippen LogP contribution in [0.25, 0.3) is 11.4 Å². The molecule has 2 N–H and O–H groups in total. The van der Waals surface area contributed by atoms with Gasteiger partial charge in [0.1, 0.15) is 11.9 Å². The van der Waals surface area contributed by atoms with Gasteiger partial charge in [-0.25, -0.2) is 9.07 Å². The molecule has 2 amide bonds. The number of halogens is 1. The number of amides is 2. The quantitative estimate of drug-likeness (QED) is 0.759. The maximum Gasteiger partial charge on any atom is 0.249 e. The number of hydrogen-bond acceptors (Lipinski definition) is 4. The van der Waals surface area contributed by atoms with Crippen molar-refractivity contribution in [3.05, 3.63) is 60.4 Å². The number of fused-ring (bicyclic) bond motifs is 1. The zero-order chi connectivity index (χ0) is 18.1. The highest BCUT2D eigenvalue weighted by Gasteiger charge is 2.33. The lowest BCUT2D eigenvalue weighted by Gasteiger charge is -2.22. The highest BCUT2D eigenvalue weighted by atomic mass is 19.1. The average Bonchev–Trinajstić information content (AvgIpc) is 3.07. The van der Waals surface area contributed by atoms with E-state index in [1.807, 2.05) is 30.3 Å². The molecule has 1 aromatic heterocycles. The van der Waals surface area contributed by atoms with Crippen molar-refractivity contribution in [1.82, 2.24) is 14.8 Å². The fraction of sp³-hybridized carbons (Fsp3) is 0.111. The summed E-state index contributed by atoms with van der Waals surface area (Å²) in [6, 6.07) is 13.8. The summed E-state index contributed by atoms with van der Waals surface area (Å²) in [7, 11) is 0. The normalized spacial score (nSPS) is 15.9. The van der Waals surface area contributed by atoms with E-state index in [-0.39, 0.29) is 18.3 Å². The van der Waals surface area contributed by atoms with E-state index in [0.29, 0.717) is 11.5 Å². The number of nitrogens with zero attached hydrogens (tertiary/aromatic N) is 3. The summed E-state index contributed by atoms with van der Waals surface area (Å²) >= 11 is 0. The monoisotopic (exact) mass is 351 g/mol. The van der Waals surface area contributed by atoms with Crippen LogP contribution in [0.1, 0.15) is 12.5 Å². The molecule has 1 aliphatic heterocycles. The molecular formula is C18H14FN5O2. The van der Waals surface area contributed by atoms with Crippen molar-refractivity contribution < 1.29 is 14.0 Å². The molecule has 0 unspecified atom stereocenters. The number of anilines is 2. The molecule has 130 valence electrons. The van der Waals surface area contributed by atoms with E-state index in [9.17, 15) is 14.0 Å². The fourth-order valence-corrected chi connectivity index (χ4v) is 2.74. The zero-order valence-electron chi connectivity index (χ0n) is 13.5. The standard InChI is InChI=1S/C18H14FN5O2/c19-12-6-8-13(9-7-12)20-17(26)14-10-15(25)21-18-22-16(23-24(14)18)11-4-2-1-3-5-11/h1-9,14H,10H2,(H,20,26)(H,21,22,23,25)/t14-/m1/s1. The summed E-state index contributed by atoms with van der Waals surface area (Å²) < 4.78 is 14.4. The molecule has 1 atom stereocenters. The third kappa shape index (κ3) is 3.04. The summed E-state index contributed by atoms with van der Waals surface area (Å²) in [5.41, 5.74) is 1.22. The van der Waals surface area contributed by atoms with Crippen LogP contribution in [0.3, 0.4) is 0 Å². The van der Waals surface area contributed by atoms with Crippen LogP contribution in [0.2, 0.25) is 0 Å². The van der Waals surface area contributed by atoms with Gasteiger partial charge in [-0.2, -0.15) is 4.98 Å². The van der Waals surface area contributed by atoms with Crippen molar-refractivity contribution in [2.24, 2.45) is 0 Å². The Kier molecular flexibility index (Phi) is 3.92. The Morgan fingerprint density at radius 1 is 1.15 bits per heavy atom. The van der Waals surface area contributed by atoms with Crippen LogP contribution in [0.15, 0.2) is 54.6 Å². The lowest BCUT2D eigenvalue weighted by molar-refractivity contribution is -0.125.